The van der Waals surface area contributed by atoms with Gasteiger partial charge >= 0.3 is 0 Å². The lowest BCUT2D eigenvalue weighted by atomic mass is 10.0. The van der Waals surface area contributed by atoms with E-state index in [2.05, 4.69) is 5.32 Å². The Morgan fingerprint density at radius 1 is 1.06 bits per heavy atom. The van der Waals surface area contributed by atoms with Crippen LogP contribution >= 0.6 is 11.3 Å². The largest absolute Gasteiger partial charge is 0.497 e. The van der Waals surface area contributed by atoms with Crippen LogP contribution in [0.25, 0.3) is 0 Å². The van der Waals surface area contributed by atoms with Gasteiger partial charge in [0.15, 0.2) is 0 Å². The number of carbonyl (C=O) groups excluding carboxylic acids is 2. The molecule has 2 aromatic carbocycles. The molecule has 35 heavy (non-hydrogen) atoms. The lowest BCUT2D eigenvalue weighted by Crippen LogP contribution is -2.47. The fraction of sp³-hybridized carbons (Fsp3) is 0.357. The highest BCUT2D eigenvalue weighted by Gasteiger charge is 2.36. The van der Waals surface area contributed by atoms with Gasteiger partial charge in [0, 0.05) is 10.9 Å². The number of rotatable bonds is 9. The van der Waals surface area contributed by atoms with Crippen molar-refractivity contribution in [3.8, 4) is 11.5 Å². The molecule has 0 radical (unpaired) electrons. The van der Waals surface area contributed by atoms with Gasteiger partial charge in [-0.05, 0) is 66.6 Å². The predicted octanol–water partition coefficient (Wildman–Crippen LogP) is 5.45. The van der Waals surface area contributed by atoms with Crippen molar-refractivity contribution in [3.05, 3.63) is 76.0 Å². The van der Waals surface area contributed by atoms with Crippen LogP contribution in [0, 0.1) is 6.92 Å². The van der Waals surface area contributed by atoms with Crippen LogP contribution < -0.4 is 19.7 Å². The van der Waals surface area contributed by atoms with E-state index in [0.29, 0.717) is 22.7 Å². The molecule has 1 heterocycles. The summed E-state index contributed by atoms with van der Waals surface area (Å²) in [5.74, 6) is 0.790. The highest BCUT2D eigenvalue weighted by molar-refractivity contribution is 7.10. The van der Waals surface area contributed by atoms with E-state index in [4.69, 9.17) is 9.47 Å². The Morgan fingerprint density at radius 2 is 1.86 bits per heavy atom. The smallest absolute Gasteiger partial charge is 0.248 e. The summed E-state index contributed by atoms with van der Waals surface area (Å²) in [5.41, 5.74) is 2.22. The Morgan fingerprint density at radius 3 is 2.54 bits per heavy atom. The highest BCUT2D eigenvalue weighted by Crippen LogP contribution is 2.37. The number of amides is 2. The molecule has 1 unspecified atom stereocenters. The molecule has 1 saturated carbocycles. The summed E-state index contributed by atoms with van der Waals surface area (Å²) in [6, 6.07) is 16.2. The summed E-state index contributed by atoms with van der Waals surface area (Å²) in [7, 11) is 3.17. The molecule has 7 heteroatoms. The zero-order valence-corrected chi connectivity index (χ0v) is 21.3. The Hall–Kier alpha value is -3.32. The average molecular weight is 493 g/mol. The van der Waals surface area contributed by atoms with Crippen LogP contribution in [0.5, 0.6) is 11.5 Å². The summed E-state index contributed by atoms with van der Waals surface area (Å²) in [6.45, 7) is 1.96. The number of hydrogen-bond acceptors (Lipinski definition) is 5. The molecule has 0 saturated heterocycles. The van der Waals surface area contributed by atoms with Gasteiger partial charge in [-0.2, -0.15) is 0 Å². The summed E-state index contributed by atoms with van der Waals surface area (Å²) in [4.78, 5) is 30.4. The predicted molar refractivity (Wildman–Crippen MR) is 139 cm³/mol. The van der Waals surface area contributed by atoms with Gasteiger partial charge in [-0.3, -0.25) is 14.5 Å². The van der Waals surface area contributed by atoms with Crippen LogP contribution in [-0.2, 0) is 16.0 Å². The third kappa shape index (κ3) is 5.85. The van der Waals surface area contributed by atoms with Crippen LogP contribution in [0.1, 0.15) is 47.7 Å². The number of hydrogen-bond donors (Lipinski definition) is 1. The van der Waals surface area contributed by atoms with Gasteiger partial charge in [-0.25, -0.2) is 0 Å². The first-order valence-electron chi connectivity index (χ1n) is 11.9. The number of ether oxygens (including phenoxy) is 2. The van der Waals surface area contributed by atoms with Crippen molar-refractivity contribution in [3.63, 3.8) is 0 Å². The average Bonchev–Trinajstić information content (AvgIpc) is 3.56. The summed E-state index contributed by atoms with van der Waals surface area (Å²) in [5, 5.41) is 5.17. The number of thiophene rings is 1. The lowest BCUT2D eigenvalue weighted by Gasteiger charge is -2.33. The Balaban J connectivity index is 1.84. The minimum Gasteiger partial charge on any atom is -0.497 e. The van der Waals surface area contributed by atoms with E-state index in [1.807, 2.05) is 66.9 Å². The first-order chi connectivity index (χ1) is 17.0. The van der Waals surface area contributed by atoms with Crippen molar-refractivity contribution < 1.29 is 19.1 Å². The maximum atomic E-state index is 14.0. The van der Waals surface area contributed by atoms with Crippen LogP contribution in [-0.4, -0.2) is 32.1 Å². The van der Waals surface area contributed by atoms with Gasteiger partial charge in [0.2, 0.25) is 11.8 Å². The van der Waals surface area contributed by atoms with E-state index in [9.17, 15) is 9.59 Å². The van der Waals surface area contributed by atoms with E-state index < -0.39 is 6.04 Å². The van der Waals surface area contributed by atoms with Crippen LogP contribution in [0.4, 0.5) is 5.69 Å². The van der Waals surface area contributed by atoms with Crippen molar-refractivity contribution in [2.75, 3.05) is 19.1 Å². The van der Waals surface area contributed by atoms with Crippen molar-refractivity contribution in [1.29, 1.82) is 0 Å². The SMILES string of the molecule is COc1cccc(C(C(=O)NC2CCCC2)N(C(=O)Cc2cccs2)c2cc(C)ccc2OC)c1. The zero-order chi connectivity index (χ0) is 24.8. The second-order valence-corrected chi connectivity index (χ2v) is 9.90. The van der Waals surface area contributed by atoms with Gasteiger partial charge in [0.25, 0.3) is 0 Å². The van der Waals surface area contributed by atoms with Gasteiger partial charge in [-0.15, -0.1) is 11.3 Å². The number of methoxy groups -OCH3 is 2. The molecule has 1 N–H and O–H groups in total. The number of aryl methyl sites for hydroxylation is 1. The third-order valence-electron chi connectivity index (χ3n) is 6.39. The molecular weight excluding hydrogens is 460 g/mol. The molecule has 4 rings (SSSR count). The fourth-order valence-corrected chi connectivity index (χ4v) is 5.33. The topological polar surface area (TPSA) is 67.9 Å². The first-order valence-corrected chi connectivity index (χ1v) is 12.8. The van der Waals surface area contributed by atoms with Gasteiger partial charge in [-0.1, -0.05) is 37.1 Å². The minimum atomic E-state index is -0.881. The van der Waals surface area contributed by atoms with Crippen LogP contribution in [0.3, 0.4) is 0 Å². The van der Waals surface area contributed by atoms with Crippen LogP contribution in [0.2, 0.25) is 0 Å². The summed E-state index contributed by atoms with van der Waals surface area (Å²) >= 11 is 1.53. The molecule has 6 nitrogen and oxygen atoms in total. The Bertz CT molecular complexity index is 1160. The molecule has 0 bridgehead atoms. The molecule has 0 aliphatic heterocycles. The second-order valence-electron chi connectivity index (χ2n) is 8.86. The highest BCUT2D eigenvalue weighted by atomic mass is 32.1. The molecule has 2 amide bonds. The molecule has 1 aliphatic rings. The zero-order valence-electron chi connectivity index (χ0n) is 20.5. The second kappa shape index (κ2) is 11.4. The van der Waals surface area contributed by atoms with Crippen molar-refractivity contribution in [2.45, 2.75) is 51.1 Å². The van der Waals surface area contributed by atoms with Gasteiger partial charge in [0.1, 0.15) is 17.5 Å². The minimum absolute atomic E-state index is 0.115. The number of carbonyl (C=O) groups is 2. The Labute approximate surface area is 210 Å². The van der Waals surface area contributed by atoms with E-state index >= 15 is 0 Å². The molecule has 1 atom stereocenters. The normalized spacial score (nSPS) is 14.4. The summed E-state index contributed by atoms with van der Waals surface area (Å²) in [6.07, 6.45) is 4.29. The number of anilines is 1. The standard InChI is InChI=1S/C28H32N2O4S/c1-19-13-14-25(34-3)24(16-19)30(26(31)18-23-12-7-15-35-23)27(20-8-6-11-22(17-20)33-2)28(32)29-21-9-4-5-10-21/h6-8,11-17,21,27H,4-5,9-10,18H2,1-3H3,(H,29,32). The molecule has 184 valence electrons. The van der Waals surface area contributed by atoms with E-state index in [1.54, 1.807) is 19.1 Å². The fourth-order valence-electron chi connectivity index (χ4n) is 4.63. The van der Waals surface area contributed by atoms with E-state index in [-0.39, 0.29) is 24.3 Å². The third-order valence-corrected chi connectivity index (χ3v) is 7.26. The quantitative estimate of drug-likeness (QED) is 0.431. The molecular formula is C28H32N2O4S. The molecule has 1 fully saturated rings. The summed E-state index contributed by atoms with van der Waals surface area (Å²) < 4.78 is 11.1. The number of benzene rings is 2. The molecule has 1 aromatic heterocycles. The van der Waals surface area contributed by atoms with E-state index in [0.717, 1.165) is 36.1 Å². The molecule has 3 aromatic rings. The molecule has 0 spiro atoms. The number of nitrogens with one attached hydrogen (secondary N) is 1. The van der Waals surface area contributed by atoms with Gasteiger partial charge in [0.05, 0.1) is 26.3 Å². The van der Waals surface area contributed by atoms with E-state index in [1.165, 1.54) is 11.3 Å². The van der Waals surface area contributed by atoms with Crippen molar-refractivity contribution >= 4 is 28.8 Å². The van der Waals surface area contributed by atoms with Crippen molar-refractivity contribution in [1.82, 2.24) is 5.32 Å². The maximum absolute atomic E-state index is 14.0. The lowest BCUT2D eigenvalue weighted by molar-refractivity contribution is -0.127. The van der Waals surface area contributed by atoms with Crippen LogP contribution in [0.15, 0.2) is 60.0 Å². The number of nitrogens with zero attached hydrogens (tertiary/aromatic N) is 1. The Kier molecular flexibility index (Phi) is 8.08. The molecule has 1 aliphatic carbocycles. The monoisotopic (exact) mass is 492 g/mol. The first kappa shape index (κ1) is 24.8. The van der Waals surface area contributed by atoms with Gasteiger partial charge < -0.3 is 14.8 Å². The van der Waals surface area contributed by atoms with Crippen molar-refractivity contribution in [2.24, 2.45) is 0 Å². The maximum Gasteiger partial charge on any atom is 0.248 e.